The molecule has 1 heterocycles. The number of amidine groups is 1. The van der Waals surface area contributed by atoms with Crippen molar-refractivity contribution >= 4 is 21.8 Å². The normalized spacial score (nSPS) is 11.3. The number of oxime groups is 1. The lowest BCUT2D eigenvalue weighted by molar-refractivity contribution is 0.318. The Hall–Kier alpha value is -2.08. The lowest BCUT2D eigenvalue weighted by Gasteiger charge is -2.09. The minimum Gasteiger partial charge on any atom is -0.455 e. The summed E-state index contributed by atoms with van der Waals surface area (Å²) in [5.74, 6) is 0.969. The van der Waals surface area contributed by atoms with E-state index in [1.807, 2.05) is 12.1 Å². The molecular formula is C12H10BrN3O2. The van der Waals surface area contributed by atoms with Gasteiger partial charge in [0.2, 0.25) is 0 Å². The third-order valence-corrected chi connectivity index (χ3v) is 2.69. The molecule has 92 valence electrons. The maximum Gasteiger partial charge on any atom is 0.192 e. The van der Waals surface area contributed by atoms with E-state index in [1.165, 1.54) is 0 Å². The van der Waals surface area contributed by atoms with Gasteiger partial charge in [-0.3, -0.25) is 0 Å². The van der Waals surface area contributed by atoms with Crippen LogP contribution in [-0.4, -0.2) is 16.0 Å². The fourth-order valence-corrected chi connectivity index (χ4v) is 1.61. The molecule has 0 aliphatic rings. The second kappa shape index (κ2) is 5.50. The number of aromatic nitrogens is 1. The molecule has 0 aliphatic carbocycles. The Morgan fingerprint density at radius 3 is 2.67 bits per heavy atom. The number of hydrogen-bond acceptors (Lipinski definition) is 4. The van der Waals surface area contributed by atoms with Gasteiger partial charge in [-0.25, -0.2) is 4.98 Å². The lowest BCUT2D eigenvalue weighted by Crippen LogP contribution is -2.15. The number of nitrogens with two attached hydrogens (primary N) is 1. The zero-order chi connectivity index (χ0) is 13.0. The van der Waals surface area contributed by atoms with Crippen molar-refractivity contribution in [2.45, 2.75) is 0 Å². The maximum absolute atomic E-state index is 8.68. The van der Waals surface area contributed by atoms with Crippen molar-refractivity contribution < 1.29 is 9.94 Å². The van der Waals surface area contributed by atoms with Crippen LogP contribution in [0.5, 0.6) is 11.5 Å². The first-order valence-corrected chi connectivity index (χ1v) is 5.86. The van der Waals surface area contributed by atoms with E-state index in [0.29, 0.717) is 17.2 Å². The average Bonchev–Trinajstić information content (AvgIpc) is 2.41. The number of nitrogens with zero attached hydrogens (tertiary/aromatic N) is 2. The zero-order valence-corrected chi connectivity index (χ0v) is 10.8. The zero-order valence-electron chi connectivity index (χ0n) is 9.25. The molecule has 5 nitrogen and oxygen atoms in total. The van der Waals surface area contributed by atoms with Crippen LogP contribution in [-0.2, 0) is 0 Å². The molecule has 0 spiro atoms. The van der Waals surface area contributed by atoms with E-state index in [-0.39, 0.29) is 5.84 Å². The SMILES string of the molecule is N/C(=N/O)c1ncccc1Oc1ccc(Br)cc1. The quantitative estimate of drug-likeness (QED) is 0.395. The van der Waals surface area contributed by atoms with Gasteiger partial charge < -0.3 is 15.7 Å². The molecule has 1 aromatic heterocycles. The van der Waals surface area contributed by atoms with Crippen LogP contribution in [0.1, 0.15) is 5.69 Å². The van der Waals surface area contributed by atoms with Gasteiger partial charge in [-0.05, 0) is 36.4 Å². The Morgan fingerprint density at radius 1 is 1.28 bits per heavy atom. The van der Waals surface area contributed by atoms with Crippen LogP contribution in [0.3, 0.4) is 0 Å². The molecule has 0 aliphatic heterocycles. The number of hydrogen-bond donors (Lipinski definition) is 2. The second-order valence-corrected chi connectivity index (χ2v) is 4.31. The number of benzene rings is 1. The molecule has 2 rings (SSSR count). The van der Waals surface area contributed by atoms with Gasteiger partial charge in [-0.2, -0.15) is 0 Å². The van der Waals surface area contributed by atoms with E-state index in [4.69, 9.17) is 15.7 Å². The highest BCUT2D eigenvalue weighted by molar-refractivity contribution is 9.10. The molecule has 0 radical (unpaired) electrons. The predicted octanol–water partition coefficient (Wildman–Crippen LogP) is 2.73. The summed E-state index contributed by atoms with van der Waals surface area (Å²) in [6.45, 7) is 0. The predicted molar refractivity (Wildman–Crippen MR) is 71.0 cm³/mol. The Labute approximate surface area is 112 Å². The summed E-state index contributed by atoms with van der Waals surface area (Å²) < 4.78 is 6.59. The maximum atomic E-state index is 8.68. The molecule has 0 fully saturated rings. The Balaban J connectivity index is 2.32. The van der Waals surface area contributed by atoms with E-state index in [2.05, 4.69) is 26.1 Å². The average molecular weight is 308 g/mol. The first kappa shape index (κ1) is 12.4. The van der Waals surface area contributed by atoms with Gasteiger partial charge in [-0.1, -0.05) is 21.1 Å². The van der Waals surface area contributed by atoms with Crippen molar-refractivity contribution in [2.75, 3.05) is 0 Å². The smallest absolute Gasteiger partial charge is 0.192 e. The summed E-state index contributed by atoms with van der Waals surface area (Å²) in [4.78, 5) is 4.01. The van der Waals surface area contributed by atoms with Crippen LogP contribution in [0.4, 0.5) is 0 Å². The number of ether oxygens (including phenoxy) is 1. The van der Waals surface area contributed by atoms with Crippen molar-refractivity contribution in [3.63, 3.8) is 0 Å². The molecule has 0 saturated heterocycles. The Morgan fingerprint density at radius 2 is 2.00 bits per heavy atom. The molecule has 6 heteroatoms. The van der Waals surface area contributed by atoms with Crippen molar-refractivity contribution in [3.8, 4) is 11.5 Å². The van der Waals surface area contributed by atoms with Gasteiger partial charge in [0.25, 0.3) is 0 Å². The largest absolute Gasteiger partial charge is 0.455 e. The van der Waals surface area contributed by atoms with Gasteiger partial charge in [0.15, 0.2) is 17.3 Å². The molecule has 0 amide bonds. The topological polar surface area (TPSA) is 80.7 Å². The minimum absolute atomic E-state index is 0.0947. The molecule has 0 bridgehead atoms. The van der Waals surface area contributed by atoms with Gasteiger partial charge in [0.1, 0.15) is 5.75 Å². The van der Waals surface area contributed by atoms with Crippen molar-refractivity contribution in [2.24, 2.45) is 10.9 Å². The molecule has 0 unspecified atom stereocenters. The summed E-state index contributed by atoms with van der Waals surface area (Å²) in [5.41, 5.74) is 5.82. The van der Waals surface area contributed by atoms with E-state index in [0.717, 1.165) is 4.47 Å². The van der Waals surface area contributed by atoms with E-state index in [1.54, 1.807) is 30.5 Å². The summed E-state index contributed by atoms with van der Waals surface area (Å²) in [6.07, 6.45) is 1.54. The molecule has 18 heavy (non-hydrogen) atoms. The van der Waals surface area contributed by atoms with E-state index < -0.39 is 0 Å². The summed E-state index contributed by atoms with van der Waals surface area (Å²) in [6, 6.07) is 10.7. The molecule has 0 saturated carbocycles. The fourth-order valence-electron chi connectivity index (χ4n) is 1.34. The van der Waals surface area contributed by atoms with E-state index >= 15 is 0 Å². The third-order valence-electron chi connectivity index (χ3n) is 2.16. The van der Waals surface area contributed by atoms with Crippen LogP contribution in [0.15, 0.2) is 52.2 Å². The highest BCUT2D eigenvalue weighted by Gasteiger charge is 2.10. The van der Waals surface area contributed by atoms with Crippen molar-refractivity contribution in [1.29, 1.82) is 0 Å². The third kappa shape index (κ3) is 2.78. The van der Waals surface area contributed by atoms with Gasteiger partial charge in [-0.15, -0.1) is 0 Å². The van der Waals surface area contributed by atoms with Gasteiger partial charge >= 0.3 is 0 Å². The minimum atomic E-state index is -0.0947. The first-order chi connectivity index (χ1) is 8.70. The van der Waals surface area contributed by atoms with E-state index in [9.17, 15) is 0 Å². The van der Waals surface area contributed by atoms with Crippen molar-refractivity contribution in [1.82, 2.24) is 4.98 Å². The molecule has 2 aromatic rings. The molecule has 0 atom stereocenters. The lowest BCUT2D eigenvalue weighted by atomic mass is 10.3. The number of halogens is 1. The monoisotopic (exact) mass is 307 g/mol. The number of pyridine rings is 1. The Bertz CT molecular complexity index is 570. The first-order valence-electron chi connectivity index (χ1n) is 5.07. The standard InChI is InChI=1S/C12H10BrN3O2/c13-8-3-5-9(6-4-8)18-10-2-1-7-15-11(10)12(14)16-17/h1-7,17H,(H2,14,16). The molecular weight excluding hydrogens is 298 g/mol. The molecule has 1 aromatic carbocycles. The Kier molecular flexibility index (Phi) is 3.78. The van der Waals surface area contributed by atoms with Crippen LogP contribution < -0.4 is 10.5 Å². The molecule has 3 N–H and O–H groups in total. The highest BCUT2D eigenvalue weighted by atomic mass is 79.9. The fraction of sp³-hybridized carbons (Fsp3) is 0. The summed E-state index contributed by atoms with van der Waals surface area (Å²) in [7, 11) is 0. The van der Waals surface area contributed by atoms with Crippen LogP contribution in [0.25, 0.3) is 0 Å². The van der Waals surface area contributed by atoms with Crippen molar-refractivity contribution in [3.05, 3.63) is 52.8 Å². The number of rotatable bonds is 3. The second-order valence-electron chi connectivity index (χ2n) is 3.39. The van der Waals surface area contributed by atoms with Crippen LogP contribution >= 0.6 is 15.9 Å². The van der Waals surface area contributed by atoms with Crippen LogP contribution in [0.2, 0.25) is 0 Å². The van der Waals surface area contributed by atoms with Gasteiger partial charge in [0.05, 0.1) is 0 Å². The van der Waals surface area contributed by atoms with Crippen LogP contribution in [0, 0.1) is 0 Å². The summed E-state index contributed by atoms with van der Waals surface area (Å²) >= 11 is 3.34. The summed E-state index contributed by atoms with van der Waals surface area (Å²) in [5, 5.41) is 11.6. The van der Waals surface area contributed by atoms with Gasteiger partial charge in [0, 0.05) is 10.7 Å². The highest BCUT2D eigenvalue weighted by Crippen LogP contribution is 2.25.